The van der Waals surface area contributed by atoms with Gasteiger partial charge < -0.3 is 10.6 Å². The molecule has 2 N–H and O–H groups in total. The molecular weight excluding hydrogens is 298 g/mol. The van der Waals surface area contributed by atoms with Crippen molar-refractivity contribution in [1.82, 2.24) is 15.1 Å². The predicted octanol–water partition coefficient (Wildman–Crippen LogP) is 2.31. The molecule has 1 aromatic heterocycles. The number of anilines is 1. The lowest BCUT2D eigenvalue weighted by atomic mass is 10.1. The Bertz CT molecular complexity index is 739. The maximum absolute atomic E-state index is 11.9. The van der Waals surface area contributed by atoms with Gasteiger partial charge in [0.2, 0.25) is 0 Å². The molecule has 2 amide bonds. The van der Waals surface area contributed by atoms with Crippen molar-refractivity contribution in [2.75, 3.05) is 11.9 Å². The summed E-state index contributed by atoms with van der Waals surface area (Å²) in [6.45, 7) is 3.91. The van der Waals surface area contributed by atoms with Gasteiger partial charge in [0.05, 0.1) is 10.6 Å². The zero-order valence-electron chi connectivity index (χ0n) is 13.3. The fourth-order valence-corrected chi connectivity index (χ4v) is 2.29. The van der Waals surface area contributed by atoms with Crippen molar-refractivity contribution in [3.05, 3.63) is 51.3 Å². The van der Waals surface area contributed by atoms with Crippen LogP contribution in [-0.2, 0) is 13.5 Å². The molecular formula is C15H19N5O3. The van der Waals surface area contributed by atoms with Gasteiger partial charge in [-0.15, -0.1) is 0 Å². The van der Waals surface area contributed by atoms with Gasteiger partial charge in [-0.1, -0.05) is 0 Å². The Labute approximate surface area is 133 Å². The van der Waals surface area contributed by atoms with Crippen molar-refractivity contribution in [1.29, 1.82) is 0 Å². The molecule has 0 saturated heterocycles. The summed E-state index contributed by atoms with van der Waals surface area (Å²) in [6.07, 6.45) is 2.35. The number of rotatable bonds is 5. The average Bonchev–Trinajstić information content (AvgIpc) is 2.87. The van der Waals surface area contributed by atoms with Gasteiger partial charge in [-0.3, -0.25) is 14.8 Å². The van der Waals surface area contributed by atoms with Crippen molar-refractivity contribution in [3.8, 4) is 0 Å². The van der Waals surface area contributed by atoms with Crippen molar-refractivity contribution < 1.29 is 9.72 Å². The predicted molar refractivity (Wildman–Crippen MR) is 86.5 cm³/mol. The first-order valence-electron chi connectivity index (χ1n) is 7.16. The fraction of sp³-hybridized carbons (Fsp3) is 0.333. The Morgan fingerprint density at radius 3 is 2.70 bits per heavy atom. The highest BCUT2D eigenvalue weighted by molar-refractivity contribution is 5.90. The van der Waals surface area contributed by atoms with Crippen molar-refractivity contribution in [2.24, 2.45) is 7.05 Å². The number of nitro groups is 1. The number of benzene rings is 1. The number of hydrogen-bond donors (Lipinski definition) is 2. The van der Waals surface area contributed by atoms with E-state index >= 15 is 0 Å². The van der Waals surface area contributed by atoms with E-state index in [-0.39, 0.29) is 5.69 Å². The Morgan fingerprint density at radius 1 is 1.35 bits per heavy atom. The molecule has 0 fully saturated rings. The second-order valence-electron chi connectivity index (χ2n) is 5.29. The molecule has 0 radical (unpaired) electrons. The van der Waals surface area contributed by atoms with Crippen molar-refractivity contribution >= 4 is 17.4 Å². The van der Waals surface area contributed by atoms with Crippen molar-refractivity contribution in [2.45, 2.75) is 20.3 Å². The maximum Gasteiger partial charge on any atom is 0.319 e. The number of urea groups is 1. The summed E-state index contributed by atoms with van der Waals surface area (Å²) < 4.78 is 1.74. The van der Waals surface area contributed by atoms with Crippen LogP contribution in [0.5, 0.6) is 0 Å². The molecule has 8 nitrogen and oxygen atoms in total. The smallest absolute Gasteiger partial charge is 0.319 e. The summed E-state index contributed by atoms with van der Waals surface area (Å²) in [7, 11) is 1.84. The summed E-state index contributed by atoms with van der Waals surface area (Å²) in [4.78, 5) is 22.4. The van der Waals surface area contributed by atoms with Gasteiger partial charge in [-0.2, -0.15) is 5.10 Å². The molecule has 8 heteroatoms. The number of nitrogens with zero attached hydrogens (tertiary/aromatic N) is 3. The van der Waals surface area contributed by atoms with Gasteiger partial charge in [0.15, 0.2) is 0 Å². The third kappa shape index (κ3) is 4.06. The van der Waals surface area contributed by atoms with E-state index < -0.39 is 11.0 Å². The minimum absolute atomic E-state index is 0.0132. The number of hydrogen-bond acceptors (Lipinski definition) is 4. The Kier molecular flexibility index (Phi) is 4.95. The average molecular weight is 317 g/mol. The molecule has 122 valence electrons. The quantitative estimate of drug-likeness (QED) is 0.652. The molecule has 0 saturated carbocycles. The van der Waals surface area contributed by atoms with Gasteiger partial charge in [-0.25, -0.2) is 4.79 Å². The van der Waals surface area contributed by atoms with Crippen LogP contribution in [0.2, 0.25) is 0 Å². The van der Waals surface area contributed by atoms with E-state index in [9.17, 15) is 14.9 Å². The van der Waals surface area contributed by atoms with Crippen LogP contribution in [0.15, 0.2) is 24.4 Å². The Balaban J connectivity index is 1.96. The molecule has 0 aliphatic heterocycles. The maximum atomic E-state index is 11.9. The largest absolute Gasteiger partial charge is 0.337 e. The lowest BCUT2D eigenvalue weighted by Crippen LogP contribution is -2.31. The standard InChI is InChI=1S/C15H19N5O3/c1-10-8-11(2)14(20(22)23)9-13(10)18-15(21)16-6-4-12-5-7-17-19(12)3/h5,7-9H,4,6H2,1-3H3,(H2,16,18,21). The number of aryl methyl sites for hydroxylation is 3. The van der Waals surface area contributed by atoms with Crippen molar-refractivity contribution in [3.63, 3.8) is 0 Å². The molecule has 1 aromatic carbocycles. The lowest BCUT2D eigenvalue weighted by Gasteiger charge is -2.11. The van der Waals surface area contributed by atoms with Gasteiger partial charge >= 0.3 is 6.03 Å². The van der Waals surface area contributed by atoms with Crippen LogP contribution in [0.3, 0.4) is 0 Å². The summed E-state index contributed by atoms with van der Waals surface area (Å²) >= 11 is 0. The topological polar surface area (TPSA) is 102 Å². The van der Waals surface area contributed by atoms with Gasteiger partial charge in [0.25, 0.3) is 5.69 Å². The van der Waals surface area contributed by atoms with Crippen LogP contribution in [0, 0.1) is 24.0 Å². The highest BCUT2D eigenvalue weighted by atomic mass is 16.6. The third-order valence-corrected chi connectivity index (χ3v) is 3.58. The van der Waals surface area contributed by atoms with E-state index in [1.54, 1.807) is 30.8 Å². The first kappa shape index (κ1) is 16.5. The number of carbonyl (C=O) groups excluding carboxylic acids is 1. The van der Waals surface area contributed by atoms with Gasteiger partial charge in [0.1, 0.15) is 0 Å². The SMILES string of the molecule is Cc1cc(C)c([N+](=O)[O-])cc1NC(=O)NCCc1ccnn1C. The van der Waals surface area contributed by atoms with Crippen LogP contribution >= 0.6 is 0 Å². The van der Waals surface area contributed by atoms with E-state index in [0.29, 0.717) is 24.2 Å². The molecule has 0 atom stereocenters. The van der Waals surface area contributed by atoms with E-state index in [4.69, 9.17) is 0 Å². The molecule has 0 spiro atoms. The fourth-order valence-electron chi connectivity index (χ4n) is 2.29. The Hall–Kier alpha value is -2.90. The molecule has 2 rings (SSSR count). The summed E-state index contributed by atoms with van der Waals surface area (Å²) in [5.74, 6) is 0. The van der Waals surface area contributed by atoms with Crippen LogP contribution in [-0.4, -0.2) is 27.3 Å². The van der Waals surface area contributed by atoms with E-state index in [2.05, 4.69) is 15.7 Å². The minimum Gasteiger partial charge on any atom is -0.337 e. The zero-order valence-corrected chi connectivity index (χ0v) is 13.3. The Morgan fingerprint density at radius 2 is 2.09 bits per heavy atom. The first-order valence-corrected chi connectivity index (χ1v) is 7.16. The normalized spacial score (nSPS) is 10.4. The second-order valence-corrected chi connectivity index (χ2v) is 5.29. The summed E-state index contributed by atoms with van der Waals surface area (Å²) in [5.41, 5.74) is 2.76. The molecule has 23 heavy (non-hydrogen) atoms. The zero-order chi connectivity index (χ0) is 17.0. The van der Waals surface area contributed by atoms with E-state index in [1.165, 1.54) is 6.07 Å². The number of nitro benzene ring substituents is 1. The van der Waals surface area contributed by atoms with Crippen LogP contribution < -0.4 is 10.6 Å². The van der Waals surface area contributed by atoms with Crippen LogP contribution in [0.1, 0.15) is 16.8 Å². The highest BCUT2D eigenvalue weighted by Gasteiger charge is 2.15. The van der Waals surface area contributed by atoms with Gasteiger partial charge in [0, 0.05) is 43.5 Å². The summed E-state index contributed by atoms with van der Waals surface area (Å²) in [6, 6.07) is 4.55. The first-order chi connectivity index (χ1) is 10.9. The molecule has 1 heterocycles. The lowest BCUT2D eigenvalue weighted by molar-refractivity contribution is -0.385. The molecule has 0 bridgehead atoms. The van der Waals surface area contributed by atoms with Crippen LogP contribution in [0.4, 0.5) is 16.2 Å². The minimum atomic E-state index is -0.458. The molecule has 0 aliphatic rings. The highest BCUT2D eigenvalue weighted by Crippen LogP contribution is 2.26. The number of amides is 2. The molecule has 2 aromatic rings. The monoisotopic (exact) mass is 317 g/mol. The van der Waals surface area contributed by atoms with Gasteiger partial charge in [-0.05, 0) is 31.5 Å². The van der Waals surface area contributed by atoms with E-state index in [1.807, 2.05) is 13.1 Å². The third-order valence-electron chi connectivity index (χ3n) is 3.58. The number of nitrogens with one attached hydrogen (secondary N) is 2. The van der Waals surface area contributed by atoms with E-state index in [0.717, 1.165) is 11.3 Å². The van der Waals surface area contributed by atoms with Crippen LogP contribution in [0.25, 0.3) is 0 Å². The molecule has 0 unspecified atom stereocenters. The molecule has 0 aliphatic carbocycles. The summed E-state index contributed by atoms with van der Waals surface area (Å²) in [5, 5.41) is 20.4. The second kappa shape index (κ2) is 6.91. The number of aromatic nitrogens is 2. The number of carbonyl (C=O) groups is 1.